The van der Waals surface area contributed by atoms with Gasteiger partial charge in [-0.3, -0.25) is 14.1 Å². The molecular weight excluding hydrogens is 485 g/mol. The van der Waals surface area contributed by atoms with E-state index in [-0.39, 0.29) is 57.6 Å². The van der Waals surface area contributed by atoms with E-state index in [1.165, 1.54) is 17.2 Å². The van der Waals surface area contributed by atoms with Gasteiger partial charge in [-0.1, -0.05) is 16.9 Å². The molecule has 0 spiro atoms. The summed E-state index contributed by atoms with van der Waals surface area (Å²) in [5, 5.41) is 18.8. The third-order valence-electron chi connectivity index (χ3n) is 3.83. The Hall–Kier alpha value is -1.83. The van der Waals surface area contributed by atoms with E-state index in [9.17, 15) is 22.6 Å². The fraction of sp³-hybridized carbons (Fsp3) is 0.417. The molecule has 0 aromatic carbocycles. The monoisotopic (exact) mass is 501 g/mol. The summed E-state index contributed by atoms with van der Waals surface area (Å²) >= 11 is 2.10. The van der Waals surface area contributed by atoms with E-state index in [1.807, 2.05) is 0 Å². The van der Waals surface area contributed by atoms with Crippen LogP contribution in [0.15, 0.2) is 15.7 Å². The van der Waals surface area contributed by atoms with Gasteiger partial charge in [0.2, 0.25) is 5.16 Å². The van der Waals surface area contributed by atoms with Crippen molar-refractivity contribution < 1.29 is 58.4 Å². The molecule has 19 heteroatoms. The SMILES string of the molecule is CO/N=C(\C(=O)NC1C(=O)N(S(=O)(=O)O)C1CSc1nnnn1C)c1csc(N)n1.[H-].[Na+]. The summed E-state index contributed by atoms with van der Waals surface area (Å²) in [7, 11) is -2.05. The quantitative estimate of drug-likeness (QED) is 0.0776. The maximum atomic E-state index is 12.7. The second-order valence-corrected chi connectivity index (χ2v) is 8.89. The number of carbonyl (C=O) groups excluding carboxylic acids is 2. The summed E-state index contributed by atoms with van der Waals surface area (Å²) in [6, 6.07) is -2.35. The Balaban J connectivity index is 0.00000256. The number of oxime groups is 1. The number of hydrogen-bond acceptors (Lipinski definition) is 13. The summed E-state index contributed by atoms with van der Waals surface area (Å²) in [6.45, 7) is 0. The number of nitrogens with two attached hydrogens (primary N) is 1. The van der Waals surface area contributed by atoms with Crippen molar-refractivity contribution in [2.24, 2.45) is 12.2 Å². The van der Waals surface area contributed by atoms with E-state index in [2.05, 4.69) is 35.8 Å². The number of thiazole rings is 1. The van der Waals surface area contributed by atoms with Gasteiger partial charge in [0.15, 0.2) is 10.8 Å². The van der Waals surface area contributed by atoms with Crippen LogP contribution in [-0.4, -0.2) is 84.9 Å². The van der Waals surface area contributed by atoms with Gasteiger partial charge < -0.3 is 17.3 Å². The van der Waals surface area contributed by atoms with Gasteiger partial charge in [-0.25, -0.2) is 14.0 Å². The molecule has 1 fully saturated rings. The van der Waals surface area contributed by atoms with E-state index in [0.29, 0.717) is 5.16 Å². The molecule has 0 bridgehead atoms. The van der Waals surface area contributed by atoms with E-state index in [4.69, 9.17) is 5.73 Å². The molecule has 2 aromatic heterocycles. The number of nitrogen functional groups attached to an aromatic ring is 1. The summed E-state index contributed by atoms with van der Waals surface area (Å²) in [4.78, 5) is 33.6. The molecule has 2 unspecified atom stereocenters. The number of nitrogens with zero attached hydrogens (tertiary/aromatic N) is 7. The second-order valence-electron chi connectivity index (χ2n) is 5.72. The molecule has 2 aromatic rings. The van der Waals surface area contributed by atoms with Gasteiger partial charge in [-0.2, -0.15) is 8.42 Å². The molecule has 2 amide bonds. The molecule has 164 valence electrons. The van der Waals surface area contributed by atoms with Crippen molar-refractivity contribution >= 4 is 56.1 Å². The van der Waals surface area contributed by atoms with Crippen LogP contribution in [0.5, 0.6) is 0 Å². The molecule has 2 atom stereocenters. The standard InChI is InChI=1S/C12H15N9O6S3.Na.H/c1-20-12(16-18-19-20)29-4-6-8(10(23)21(6)30(24,25)26)15-9(22)7(17-27-2)5-3-28-11(13)14-5;;/h3,6,8H,4H2,1-2H3,(H2,13,14)(H,15,22)(H,24,25,26);;/q;+1;-1/b17-7-;;. The Labute approximate surface area is 207 Å². The average Bonchev–Trinajstić information content (AvgIpc) is 3.27. The fourth-order valence-corrected chi connectivity index (χ4v) is 5.03. The summed E-state index contributed by atoms with van der Waals surface area (Å²) < 4.78 is 34.1. The van der Waals surface area contributed by atoms with Gasteiger partial charge >= 0.3 is 39.9 Å². The number of aromatic nitrogens is 5. The van der Waals surface area contributed by atoms with Gasteiger partial charge in [0.25, 0.3) is 11.8 Å². The number of β-lactam (4-membered cyclic amide) rings is 1. The van der Waals surface area contributed by atoms with Gasteiger partial charge in [-0.05, 0) is 10.4 Å². The smallest absolute Gasteiger partial charge is 1.00 e. The maximum Gasteiger partial charge on any atom is 1.00 e. The largest absolute Gasteiger partial charge is 1.00 e. The van der Waals surface area contributed by atoms with Crippen molar-refractivity contribution in [3.05, 3.63) is 11.1 Å². The number of amides is 2. The fourth-order valence-electron chi connectivity index (χ4n) is 2.53. The first-order valence-corrected chi connectivity index (χ1v) is 11.2. The van der Waals surface area contributed by atoms with Crippen molar-refractivity contribution in [3.63, 3.8) is 0 Å². The molecule has 3 rings (SSSR count). The van der Waals surface area contributed by atoms with Crippen LogP contribution >= 0.6 is 23.1 Å². The Morgan fingerprint density at radius 3 is 2.77 bits per heavy atom. The third kappa shape index (κ3) is 5.51. The van der Waals surface area contributed by atoms with E-state index < -0.39 is 34.2 Å². The molecule has 0 saturated carbocycles. The predicted molar refractivity (Wildman–Crippen MR) is 105 cm³/mol. The Kier molecular flexibility index (Phi) is 8.36. The first-order chi connectivity index (χ1) is 14.1. The molecule has 3 heterocycles. The van der Waals surface area contributed by atoms with Crippen molar-refractivity contribution in [2.45, 2.75) is 17.2 Å². The summed E-state index contributed by atoms with van der Waals surface area (Å²) in [5.74, 6) is -1.89. The molecule has 4 N–H and O–H groups in total. The summed E-state index contributed by atoms with van der Waals surface area (Å²) in [6.07, 6.45) is 0. The number of aryl methyl sites for hydroxylation is 1. The minimum absolute atomic E-state index is 0. The predicted octanol–water partition coefficient (Wildman–Crippen LogP) is -4.99. The van der Waals surface area contributed by atoms with E-state index >= 15 is 0 Å². The van der Waals surface area contributed by atoms with Crippen LogP contribution in [0.4, 0.5) is 5.13 Å². The van der Waals surface area contributed by atoms with Crippen LogP contribution < -0.4 is 40.6 Å². The average molecular weight is 502 g/mol. The Morgan fingerprint density at radius 2 is 2.26 bits per heavy atom. The van der Waals surface area contributed by atoms with Crippen LogP contribution in [0, 0.1) is 0 Å². The molecular formula is C12H16N9NaO6S3. The number of anilines is 1. The van der Waals surface area contributed by atoms with E-state index in [1.54, 1.807) is 7.05 Å². The molecule has 1 aliphatic heterocycles. The third-order valence-corrected chi connectivity index (χ3v) is 6.57. The molecule has 15 nitrogen and oxygen atoms in total. The molecule has 1 aliphatic rings. The van der Waals surface area contributed by atoms with Crippen LogP contribution in [0.3, 0.4) is 0 Å². The number of hydrogen-bond donors (Lipinski definition) is 3. The minimum Gasteiger partial charge on any atom is -1.00 e. The zero-order valence-corrected chi connectivity index (χ0v) is 20.8. The molecule has 0 aliphatic carbocycles. The first-order valence-electron chi connectivity index (χ1n) is 7.92. The Bertz CT molecular complexity index is 1110. The number of nitrogens with one attached hydrogen (secondary N) is 1. The molecule has 1 saturated heterocycles. The van der Waals surface area contributed by atoms with Crippen LogP contribution in [0.1, 0.15) is 7.12 Å². The van der Waals surface area contributed by atoms with Crippen LogP contribution in [0.2, 0.25) is 0 Å². The maximum absolute atomic E-state index is 12.7. The van der Waals surface area contributed by atoms with Gasteiger partial charge in [0.1, 0.15) is 18.8 Å². The molecule has 0 radical (unpaired) electrons. The summed E-state index contributed by atoms with van der Waals surface area (Å²) in [5.41, 5.74) is 5.42. The Morgan fingerprint density at radius 1 is 1.55 bits per heavy atom. The van der Waals surface area contributed by atoms with Crippen LogP contribution in [0.25, 0.3) is 0 Å². The number of tetrazole rings is 1. The molecule has 31 heavy (non-hydrogen) atoms. The zero-order valence-electron chi connectivity index (χ0n) is 17.4. The number of carbonyl (C=O) groups is 2. The minimum atomic E-state index is -4.84. The van der Waals surface area contributed by atoms with Gasteiger partial charge in [0.05, 0.1) is 6.04 Å². The van der Waals surface area contributed by atoms with Crippen LogP contribution in [-0.2, 0) is 31.8 Å². The normalized spacial score (nSPS) is 18.9. The van der Waals surface area contributed by atoms with E-state index in [0.717, 1.165) is 23.1 Å². The van der Waals surface area contributed by atoms with Gasteiger partial charge in [-0.15, -0.1) is 16.4 Å². The second kappa shape index (κ2) is 10.2. The first kappa shape index (κ1) is 25.4. The number of rotatable bonds is 8. The zero-order chi connectivity index (χ0) is 22.1. The van der Waals surface area contributed by atoms with Crippen molar-refractivity contribution in [2.75, 3.05) is 18.6 Å². The van der Waals surface area contributed by atoms with Crippen molar-refractivity contribution in [1.82, 2.24) is 34.8 Å². The van der Waals surface area contributed by atoms with Crippen molar-refractivity contribution in [3.8, 4) is 0 Å². The number of thioether (sulfide) groups is 1. The topological polar surface area (TPSA) is 208 Å². The van der Waals surface area contributed by atoms with Gasteiger partial charge in [0, 0.05) is 18.2 Å². The van der Waals surface area contributed by atoms with Crippen molar-refractivity contribution in [1.29, 1.82) is 0 Å².